The van der Waals surface area contributed by atoms with Gasteiger partial charge in [0.25, 0.3) is 0 Å². The highest BCUT2D eigenvalue weighted by Crippen LogP contribution is 2.23. The van der Waals surface area contributed by atoms with Gasteiger partial charge in [0.05, 0.1) is 12.6 Å². The molecular formula is C13H12ClN5O. The fraction of sp³-hybridized carbons (Fsp3) is 0.231. The number of halogens is 1. The van der Waals surface area contributed by atoms with Crippen molar-refractivity contribution in [2.75, 3.05) is 0 Å². The minimum absolute atomic E-state index is 0.255. The predicted octanol–water partition coefficient (Wildman–Crippen LogP) is 1.92. The Morgan fingerprint density at radius 2 is 2.00 bits per heavy atom. The minimum Gasteiger partial charge on any atom is -0.391 e. The summed E-state index contributed by atoms with van der Waals surface area (Å²) < 4.78 is 1.53. The van der Waals surface area contributed by atoms with E-state index in [4.69, 9.17) is 11.6 Å². The lowest BCUT2D eigenvalue weighted by Gasteiger charge is -2.05. The van der Waals surface area contributed by atoms with Gasteiger partial charge < -0.3 is 5.11 Å². The summed E-state index contributed by atoms with van der Waals surface area (Å²) in [5.41, 5.74) is 1.82. The van der Waals surface area contributed by atoms with Crippen LogP contribution in [0.25, 0.3) is 22.6 Å². The molecule has 0 fully saturated rings. The molecule has 7 heteroatoms. The van der Waals surface area contributed by atoms with Gasteiger partial charge in [-0.3, -0.25) is 0 Å². The Balaban J connectivity index is 2.16. The van der Waals surface area contributed by atoms with Gasteiger partial charge in [-0.1, -0.05) is 47.1 Å². The molecule has 1 atom stereocenters. The first-order chi connectivity index (χ1) is 9.65. The highest BCUT2D eigenvalue weighted by Gasteiger charge is 2.15. The Kier molecular flexibility index (Phi) is 3.33. The van der Waals surface area contributed by atoms with Crippen LogP contribution in [-0.4, -0.2) is 36.2 Å². The Hall–Kier alpha value is -2.05. The largest absolute Gasteiger partial charge is 0.391 e. The zero-order valence-electron chi connectivity index (χ0n) is 10.7. The Labute approximate surface area is 120 Å². The van der Waals surface area contributed by atoms with E-state index in [0.717, 1.165) is 5.56 Å². The van der Waals surface area contributed by atoms with E-state index in [1.54, 1.807) is 6.92 Å². The van der Waals surface area contributed by atoms with Crippen molar-refractivity contribution in [2.24, 2.45) is 0 Å². The van der Waals surface area contributed by atoms with Gasteiger partial charge in [-0.25, -0.2) is 14.6 Å². The molecule has 3 aromatic rings. The maximum absolute atomic E-state index is 9.47. The molecule has 20 heavy (non-hydrogen) atoms. The quantitative estimate of drug-likeness (QED) is 0.746. The Morgan fingerprint density at radius 3 is 2.70 bits per heavy atom. The van der Waals surface area contributed by atoms with Crippen LogP contribution in [0.5, 0.6) is 0 Å². The molecule has 0 aliphatic carbocycles. The van der Waals surface area contributed by atoms with Crippen molar-refractivity contribution < 1.29 is 5.11 Å². The summed E-state index contributed by atoms with van der Waals surface area (Å²) in [5.74, 6) is 0.511. The zero-order valence-corrected chi connectivity index (χ0v) is 11.5. The van der Waals surface area contributed by atoms with E-state index in [0.29, 0.717) is 23.5 Å². The number of aliphatic hydroxyl groups is 1. The second-order valence-corrected chi connectivity index (χ2v) is 4.85. The summed E-state index contributed by atoms with van der Waals surface area (Å²) in [4.78, 5) is 8.69. The third-order valence-electron chi connectivity index (χ3n) is 2.79. The van der Waals surface area contributed by atoms with Crippen molar-refractivity contribution in [2.45, 2.75) is 19.6 Å². The number of hydrogen-bond donors (Lipinski definition) is 1. The molecule has 0 spiro atoms. The molecule has 2 aromatic heterocycles. The summed E-state index contributed by atoms with van der Waals surface area (Å²) in [7, 11) is 0. The number of hydrogen-bond acceptors (Lipinski definition) is 5. The van der Waals surface area contributed by atoms with Crippen molar-refractivity contribution in [1.29, 1.82) is 0 Å². The van der Waals surface area contributed by atoms with Crippen LogP contribution in [0.1, 0.15) is 6.92 Å². The second-order valence-electron chi connectivity index (χ2n) is 4.50. The molecule has 1 aromatic carbocycles. The Morgan fingerprint density at radius 1 is 1.25 bits per heavy atom. The molecule has 102 valence electrons. The number of benzene rings is 1. The van der Waals surface area contributed by atoms with Gasteiger partial charge in [0.15, 0.2) is 22.1 Å². The molecule has 0 aliphatic heterocycles. The molecule has 0 amide bonds. The van der Waals surface area contributed by atoms with Crippen molar-refractivity contribution in [3.05, 3.63) is 35.5 Å². The van der Waals surface area contributed by atoms with Crippen LogP contribution in [-0.2, 0) is 6.54 Å². The van der Waals surface area contributed by atoms with E-state index >= 15 is 0 Å². The Bertz CT molecular complexity index is 741. The molecule has 0 aliphatic rings. The lowest BCUT2D eigenvalue weighted by Crippen LogP contribution is -2.13. The van der Waals surface area contributed by atoms with E-state index in [9.17, 15) is 5.11 Å². The van der Waals surface area contributed by atoms with E-state index < -0.39 is 6.10 Å². The molecule has 1 N–H and O–H groups in total. The maximum atomic E-state index is 9.47. The fourth-order valence-corrected chi connectivity index (χ4v) is 2.12. The van der Waals surface area contributed by atoms with Crippen LogP contribution < -0.4 is 0 Å². The van der Waals surface area contributed by atoms with Gasteiger partial charge >= 0.3 is 0 Å². The lowest BCUT2D eigenvalue weighted by atomic mass is 10.2. The smallest absolute Gasteiger partial charge is 0.183 e. The summed E-state index contributed by atoms with van der Waals surface area (Å²) in [6, 6.07) is 9.54. The molecule has 0 bridgehead atoms. The number of rotatable bonds is 3. The molecule has 0 saturated carbocycles. The van der Waals surface area contributed by atoms with Crippen molar-refractivity contribution in [1.82, 2.24) is 25.0 Å². The average Bonchev–Trinajstić information content (AvgIpc) is 2.83. The first kappa shape index (κ1) is 13.0. The maximum Gasteiger partial charge on any atom is 0.183 e. The summed E-state index contributed by atoms with van der Waals surface area (Å²) in [6.07, 6.45) is -0.547. The van der Waals surface area contributed by atoms with Crippen molar-refractivity contribution in [3.63, 3.8) is 0 Å². The number of aliphatic hydroxyl groups excluding tert-OH is 1. The molecule has 1 unspecified atom stereocenters. The lowest BCUT2D eigenvalue weighted by molar-refractivity contribution is 0.169. The predicted molar refractivity (Wildman–Crippen MR) is 75.2 cm³/mol. The monoisotopic (exact) mass is 289 g/mol. The minimum atomic E-state index is -0.547. The molecule has 2 heterocycles. The van der Waals surface area contributed by atoms with Crippen molar-refractivity contribution >= 4 is 22.8 Å². The zero-order chi connectivity index (χ0) is 14.1. The summed E-state index contributed by atoms with van der Waals surface area (Å²) >= 11 is 6.13. The second kappa shape index (κ2) is 5.15. The third-order valence-corrected chi connectivity index (χ3v) is 3.05. The average molecular weight is 290 g/mol. The van der Waals surface area contributed by atoms with E-state index in [1.807, 2.05) is 30.3 Å². The summed E-state index contributed by atoms with van der Waals surface area (Å²) in [6.45, 7) is 1.98. The third kappa shape index (κ3) is 2.35. The number of nitrogens with zero attached hydrogens (tertiary/aromatic N) is 5. The van der Waals surface area contributed by atoms with Gasteiger partial charge in [-0.15, -0.1) is 5.10 Å². The normalized spacial score (nSPS) is 12.8. The first-order valence-corrected chi connectivity index (χ1v) is 6.53. The molecule has 6 nitrogen and oxygen atoms in total. The number of aromatic nitrogens is 5. The number of fused-ring (bicyclic) bond motifs is 1. The van der Waals surface area contributed by atoms with E-state index in [-0.39, 0.29) is 5.15 Å². The molecular weight excluding hydrogens is 278 g/mol. The molecule has 0 radical (unpaired) electrons. The van der Waals surface area contributed by atoms with Gasteiger partial charge in [0.2, 0.25) is 0 Å². The van der Waals surface area contributed by atoms with Crippen molar-refractivity contribution in [3.8, 4) is 11.4 Å². The van der Waals surface area contributed by atoms with E-state index in [2.05, 4.69) is 20.3 Å². The van der Waals surface area contributed by atoms with Gasteiger partial charge in [0, 0.05) is 5.56 Å². The fourth-order valence-electron chi connectivity index (χ4n) is 1.91. The van der Waals surface area contributed by atoms with Gasteiger partial charge in [-0.05, 0) is 6.92 Å². The van der Waals surface area contributed by atoms with Crippen LogP contribution in [0, 0.1) is 0 Å². The SMILES string of the molecule is CC(O)Cn1nnc2c(Cl)nc(-c3ccccc3)nc21. The topological polar surface area (TPSA) is 76.7 Å². The highest BCUT2D eigenvalue weighted by atomic mass is 35.5. The van der Waals surface area contributed by atoms with Crippen LogP contribution in [0.4, 0.5) is 0 Å². The summed E-state index contributed by atoms with van der Waals surface area (Å²) in [5, 5.41) is 17.6. The van der Waals surface area contributed by atoms with Gasteiger partial charge in [-0.2, -0.15) is 0 Å². The molecule has 0 saturated heterocycles. The van der Waals surface area contributed by atoms with Crippen LogP contribution >= 0.6 is 11.6 Å². The van der Waals surface area contributed by atoms with E-state index in [1.165, 1.54) is 4.68 Å². The highest BCUT2D eigenvalue weighted by molar-refractivity contribution is 6.33. The van der Waals surface area contributed by atoms with Crippen LogP contribution in [0.2, 0.25) is 5.15 Å². The standard InChI is InChI=1S/C13H12ClN5O/c1-8(20)7-19-13-10(17-18-19)11(14)15-12(16-13)9-5-3-2-4-6-9/h2-6,8,20H,7H2,1H3. The van der Waals surface area contributed by atoms with Crippen LogP contribution in [0.15, 0.2) is 30.3 Å². The molecule has 3 rings (SSSR count). The van der Waals surface area contributed by atoms with Gasteiger partial charge in [0.1, 0.15) is 0 Å². The first-order valence-electron chi connectivity index (χ1n) is 6.15. The van der Waals surface area contributed by atoms with Crippen LogP contribution in [0.3, 0.4) is 0 Å².